The van der Waals surface area contributed by atoms with Crippen molar-refractivity contribution in [3.63, 3.8) is 0 Å². The molecule has 138 valence electrons. The normalized spacial score (nSPS) is 14.1. The number of fused-ring (bicyclic) bond motifs is 1. The highest BCUT2D eigenvalue weighted by molar-refractivity contribution is 9.11. The number of benzene rings is 1. The lowest BCUT2D eigenvalue weighted by Crippen LogP contribution is -2.08. The monoisotopic (exact) mass is 442 g/mol. The second-order valence-corrected chi connectivity index (χ2v) is 8.94. The van der Waals surface area contributed by atoms with Crippen LogP contribution in [0.3, 0.4) is 0 Å². The predicted octanol–water partition coefficient (Wildman–Crippen LogP) is 5.15. The van der Waals surface area contributed by atoms with Gasteiger partial charge in [0.05, 0.1) is 3.79 Å². The Morgan fingerprint density at radius 1 is 1.19 bits per heavy atom. The van der Waals surface area contributed by atoms with E-state index in [2.05, 4.69) is 36.0 Å². The Kier molecular flexibility index (Phi) is 5.50. The molecule has 4 rings (SSSR count). The third kappa shape index (κ3) is 4.36. The standard InChI is InChI=1S/C20H19BrN4OS/c21-17-10-8-16(27-17)9-11-19(26)22-15-6-4-5-14(13-15)20-24-23-18-7-2-1-3-12-25(18)20/h4-6,8-11,13H,1-3,7,12H2,(H,22,26)/b11-9+. The fraction of sp³-hybridized carbons (Fsp3) is 0.250. The van der Waals surface area contributed by atoms with Gasteiger partial charge in [-0.1, -0.05) is 18.6 Å². The summed E-state index contributed by atoms with van der Waals surface area (Å²) >= 11 is 5.01. The minimum atomic E-state index is -0.156. The van der Waals surface area contributed by atoms with Crippen LogP contribution in [0.1, 0.15) is 30.0 Å². The number of amides is 1. The van der Waals surface area contributed by atoms with Crippen molar-refractivity contribution in [3.05, 3.63) is 57.0 Å². The first-order valence-electron chi connectivity index (χ1n) is 8.96. The van der Waals surface area contributed by atoms with Gasteiger partial charge in [0.15, 0.2) is 5.82 Å². The maximum atomic E-state index is 12.2. The zero-order valence-corrected chi connectivity index (χ0v) is 17.1. The van der Waals surface area contributed by atoms with E-state index in [1.807, 2.05) is 42.5 Å². The van der Waals surface area contributed by atoms with E-state index in [0.717, 1.165) is 50.9 Å². The molecule has 1 aliphatic rings. The summed E-state index contributed by atoms with van der Waals surface area (Å²) in [5, 5.41) is 11.7. The molecule has 1 amide bonds. The fourth-order valence-corrected chi connectivity index (χ4v) is 4.52. The van der Waals surface area contributed by atoms with Gasteiger partial charge in [-0.15, -0.1) is 21.5 Å². The fourth-order valence-electron chi connectivity index (χ4n) is 3.19. The SMILES string of the molecule is O=C(/C=C/c1ccc(Br)s1)Nc1cccc(-c2nnc3n2CCCCC3)c1. The van der Waals surface area contributed by atoms with Crippen LogP contribution < -0.4 is 5.32 Å². The van der Waals surface area contributed by atoms with Gasteiger partial charge in [0, 0.05) is 35.2 Å². The Hall–Kier alpha value is -2.25. The van der Waals surface area contributed by atoms with E-state index in [1.54, 1.807) is 17.4 Å². The molecular weight excluding hydrogens is 424 g/mol. The number of anilines is 1. The van der Waals surface area contributed by atoms with Gasteiger partial charge in [-0.05, 0) is 59.1 Å². The molecule has 0 saturated heterocycles. The number of carbonyl (C=O) groups excluding carboxylic acids is 1. The van der Waals surface area contributed by atoms with E-state index in [4.69, 9.17) is 0 Å². The van der Waals surface area contributed by atoms with Crippen molar-refractivity contribution in [2.24, 2.45) is 0 Å². The summed E-state index contributed by atoms with van der Waals surface area (Å²) in [4.78, 5) is 13.3. The number of hydrogen-bond acceptors (Lipinski definition) is 4. The summed E-state index contributed by atoms with van der Waals surface area (Å²) in [7, 11) is 0. The van der Waals surface area contributed by atoms with E-state index < -0.39 is 0 Å². The zero-order chi connectivity index (χ0) is 18.6. The van der Waals surface area contributed by atoms with Gasteiger partial charge in [-0.25, -0.2) is 0 Å². The third-order valence-corrected chi connectivity index (χ3v) is 6.08. The summed E-state index contributed by atoms with van der Waals surface area (Å²) in [5.74, 6) is 1.78. The van der Waals surface area contributed by atoms with E-state index in [9.17, 15) is 4.79 Å². The third-order valence-electron chi connectivity index (χ3n) is 4.49. The van der Waals surface area contributed by atoms with Crippen LogP contribution in [0.5, 0.6) is 0 Å². The molecule has 1 aromatic carbocycles. The highest BCUT2D eigenvalue weighted by Crippen LogP contribution is 2.25. The van der Waals surface area contributed by atoms with Crippen LogP contribution >= 0.6 is 27.3 Å². The number of carbonyl (C=O) groups is 1. The van der Waals surface area contributed by atoms with Crippen molar-refractivity contribution in [2.45, 2.75) is 32.2 Å². The first-order valence-corrected chi connectivity index (χ1v) is 10.6. The van der Waals surface area contributed by atoms with Crippen LogP contribution in [0, 0.1) is 0 Å². The van der Waals surface area contributed by atoms with Crippen LogP contribution in [0.25, 0.3) is 17.5 Å². The highest BCUT2D eigenvalue weighted by Gasteiger charge is 2.16. The smallest absolute Gasteiger partial charge is 0.248 e. The largest absolute Gasteiger partial charge is 0.322 e. The summed E-state index contributed by atoms with van der Waals surface area (Å²) in [6.07, 6.45) is 7.89. The molecule has 3 aromatic rings. The Labute approximate surface area is 170 Å². The Bertz CT molecular complexity index is 992. The molecule has 0 unspecified atom stereocenters. The van der Waals surface area contributed by atoms with Crippen LogP contribution in [-0.4, -0.2) is 20.7 Å². The maximum Gasteiger partial charge on any atom is 0.248 e. The molecule has 0 atom stereocenters. The van der Waals surface area contributed by atoms with Gasteiger partial charge >= 0.3 is 0 Å². The number of hydrogen-bond donors (Lipinski definition) is 1. The minimum absolute atomic E-state index is 0.156. The average molecular weight is 443 g/mol. The van der Waals surface area contributed by atoms with Gasteiger partial charge < -0.3 is 9.88 Å². The lowest BCUT2D eigenvalue weighted by Gasteiger charge is -2.08. The molecule has 0 spiro atoms. The van der Waals surface area contributed by atoms with Gasteiger partial charge in [0.1, 0.15) is 5.82 Å². The lowest BCUT2D eigenvalue weighted by atomic mass is 10.2. The van der Waals surface area contributed by atoms with Gasteiger partial charge in [0.2, 0.25) is 5.91 Å². The van der Waals surface area contributed by atoms with E-state index >= 15 is 0 Å². The van der Waals surface area contributed by atoms with Gasteiger partial charge in [-0.3, -0.25) is 4.79 Å². The van der Waals surface area contributed by atoms with Crippen molar-refractivity contribution in [1.29, 1.82) is 0 Å². The molecule has 7 heteroatoms. The summed E-state index contributed by atoms with van der Waals surface area (Å²) in [5.41, 5.74) is 1.72. The molecule has 0 fully saturated rings. The Morgan fingerprint density at radius 2 is 2.11 bits per heavy atom. The number of nitrogens with one attached hydrogen (secondary N) is 1. The lowest BCUT2D eigenvalue weighted by molar-refractivity contribution is -0.111. The number of aromatic nitrogens is 3. The molecule has 0 aliphatic carbocycles. The first-order chi connectivity index (χ1) is 13.2. The van der Waals surface area contributed by atoms with Gasteiger partial charge in [0.25, 0.3) is 0 Å². The van der Waals surface area contributed by atoms with Crippen LogP contribution in [-0.2, 0) is 17.8 Å². The van der Waals surface area contributed by atoms with E-state index in [-0.39, 0.29) is 5.91 Å². The first kappa shape index (κ1) is 18.1. The van der Waals surface area contributed by atoms with Crippen molar-refractivity contribution in [2.75, 3.05) is 5.32 Å². The van der Waals surface area contributed by atoms with Crippen molar-refractivity contribution >= 4 is 44.9 Å². The quantitative estimate of drug-likeness (QED) is 0.568. The average Bonchev–Trinajstić information content (AvgIpc) is 3.19. The molecule has 0 radical (unpaired) electrons. The number of rotatable bonds is 4. The molecular formula is C20H19BrN4OS. The van der Waals surface area contributed by atoms with Crippen molar-refractivity contribution in [3.8, 4) is 11.4 Å². The van der Waals surface area contributed by atoms with Crippen molar-refractivity contribution in [1.82, 2.24) is 14.8 Å². The molecule has 1 aliphatic heterocycles. The molecule has 5 nitrogen and oxygen atoms in total. The molecule has 2 aromatic heterocycles. The number of halogens is 1. The summed E-state index contributed by atoms with van der Waals surface area (Å²) < 4.78 is 3.25. The Balaban J connectivity index is 1.50. The molecule has 0 bridgehead atoms. The second kappa shape index (κ2) is 8.19. The number of nitrogens with zero attached hydrogens (tertiary/aromatic N) is 3. The van der Waals surface area contributed by atoms with E-state index in [1.165, 1.54) is 12.8 Å². The van der Waals surface area contributed by atoms with E-state index in [0.29, 0.717) is 0 Å². The van der Waals surface area contributed by atoms with Crippen molar-refractivity contribution < 1.29 is 4.79 Å². The zero-order valence-electron chi connectivity index (χ0n) is 14.7. The molecule has 27 heavy (non-hydrogen) atoms. The Morgan fingerprint density at radius 3 is 2.96 bits per heavy atom. The highest BCUT2D eigenvalue weighted by atomic mass is 79.9. The predicted molar refractivity (Wildman–Crippen MR) is 113 cm³/mol. The van der Waals surface area contributed by atoms with Crippen LogP contribution in [0.4, 0.5) is 5.69 Å². The summed E-state index contributed by atoms with van der Waals surface area (Å²) in [6, 6.07) is 11.7. The maximum absolute atomic E-state index is 12.2. The van der Waals surface area contributed by atoms with Gasteiger partial charge in [-0.2, -0.15) is 0 Å². The van der Waals surface area contributed by atoms with Crippen LogP contribution in [0.15, 0.2) is 46.3 Å². The minimum Gasteiger partial charge on any atom is -0.322 e. The molecule has 1 N–H and O–H groups in total. The second-order valence-electron chi connectivity index (χ2n) is 6.45. The molecule has 3 heterocycles. The topological polar surface area (TPSA) is 59.8 Å². The number of thiophene rings is 1. The summed E-state index contributed by atoms with van der Waals surface area (Å²) in [6.45, 7) is 0.952. The number of aryl methyl sites for hydroxylation is 1. The molecule has 0 saturated carbocycles. The van der Waals surface area contributed by atoms with Crippen LogP contribution in [0.2, 0.25) is 0 Å².